The minimum Gasteiger partial charge on any atom is -0.478 e. The molecule has 0 radical (unpaired) electrons. The minimum absolute atomic E-state index is 0.166. The first-order chi connectivity index (χ1) is 7.11. The lowest BCUT2D eigenvalue weighted by atomic mass is 9.68. The fourth-order valence-electron chi connectivity index (χ4n) is 2.46. The molecule has 0 bridgehead atoms. The maximum atomic E-state index is 11.6. The van der Waals surface area contributed by atoms with Crippen LogP contribution < -0.4 is 0 Å². The first-order valence-electron chi connectivity index (χ1n) is 5.31. The fourth-order valence-corrected chi connectivity index (χ4v) is 2.46. The summed E-state index contributed by atoms with van der Waals surface area (Å²) in [6.45, 7) is 1.60. The van der Waals surface area contributed by atoms with Gasteiger partial charge in [0.05, 0.1) is 0 Å². The van der Waals surface area contributed by atoms with Crippen LogP contribution in [-0.2, 0) is 9.59 Å². The first kappa shape index (κ1) is 10.2. The number of aliphatic carboxylic acids is 1. The van der Waals surface area contributed by atoms with Gasteiger partial charge in [0, 0.05) is 25.2 Å². The number of carboxylic acids is 1. The molecule has 1 N–H and O–H groups in total. The van der Waals surface area contributed by atoms with Gasteiger partial charge in [-0.05, 0) is 24.7 Å². The molecule has 2 aliphatic rings. The summed E-state index contributed by atoms with van der Waals surface area (Å²) in [7, 11) is 0. The maximum Gasteiger partial charge on any atom is 0.328 e. The summed E-state index contributed by atoms with van der Waals surface area (Å²) in [6.07, 6.45) is 6.86. The predicted molar refractivity (Wildman–Crippen MR) is 54.3 cm³/mol. The van der Waals surface area contributed by atoms with Crippen LogP contribution in [0.5, 0.6) is 0 Å². The number of hydrogen-bond acceptors (Lipinski definition) is 2. The number of likely N-dealkylation sites (tertiary alicyclic amines) is 1. The van der Waals surface area contributed by atoms with E-state index in [1.807, 2.05) is 0 Å². The van der Waals surface area contributed by atoms with Crippen LogP contribution in [0.1, 0.15) is 25.7 Å². The van der Waals surface area contributed by atoms with Crippen molar-refractivity contribution in [2.75, 3.05) is 13.1 Å². The molecule has 4 heteroatoms. The zero-order valence-electron chi connectivity index (χ0n) is 8.61. The van der Waals surface area contributed by atoms with Crippen LogP contribution >= 0.6 is 0 Å². The molecular weight excluding hydrogens is 194 g/mol. The van der Waals surface area contributed by atoms with Crippen LogP contribution in [0.2, 0.25) is 0 Å². The molecule has 0 atom stereocenters. The van der Waals surface area contributed by atoms with Gasteiger partial charge < -0.3 is 10.0 Å². The molecule has 0 aromatic rings. The van der Waals surface area contributed by atoms with Crippen molar-refractivity contribution >= 4 is 11.9 Å². The Labute approximate surface area is 88.6 Å². The molecule has 2 fully saturated rings. The van der Waals surface area contributed by atoms with Crippen molar-refractivity contribution in [3.05, 3.63) is 12.2 Å². The van der Waals surface area contributed by atoms with Crippen molar-refractivity contribution in [1.29, 1.82) is 0 Å². The van der Waals surface area contributed by atoms with Crippen molar-refractivity contribution < 1.29 is 14.7 Å². The van der Waals surface area contributed by atoms with Gasteiger partial charge in [-0.3, -0.25) is 4.79 Å². The standard InChI is InChI=1S/C11H15NO3/c13-9(2-3-10(14)15)12-7-6-11(8-12)4-1-5-11/h2-3H,1,4-8H2,(H,14,15)/b3-2+. The van der Waals surface area contributed by atoms with Crippen LogP contribution in [0.3, 0.4) is 0 Å². The number of rotatable bonds is 2. The maximum absolute atomic E-state index is 11.6. The molecule has 0 aromatic heterocycles. The third-order valence-corrected chi connectivity index (χ3v) is 3.53. The molecule has 1 aliphatic carbocycles. The Morgan fingerprint density at radius 3 is 2.40 bits per heavy atom. The summed E-state index contributed by atoms with van der Waals surface area (Å²) in [6, 6.07) is 0. The molecule has 1 spiro atoms. The van der Waals surface area contributed by atoms with Crippen LogP contribution in [0.4, 0.5) is 0 Å². The Hall–Kier alpha value is -1.32. The largest absolute Gasteiger partial charge is 0.478 e. The van der Waals surface area contributed by atoms with Gasteiger partial charge in [-0.2, -0.15) is 0 Å². The normalized spacial score (nSPS) is 23.3. The molecule has 0 unspecified atom stereocenters. The zero-order chi connectivity index (χ0) is 10.9. The van der Waals surface area contributed by atoms with Crippen molar-refractivity contribution in [3.63, 3.8) is 0 Å². The van der Waals surface area contributed by atoms with Crippen molar-refractivity contribution in [2.24, 2.45) is 5.41 Å². The summed E-state index contributed by atoms with van der Waals surface area (Å²) in [5.41, 5.74) is 0.382. The third-order valence-electron chi connectivity index (χ3n) is 3.53. The van der Waals surface area contributed by atoms with Crippen molar-refractivity contribution in [3.8, 4) is 0 Å². The SMILES string of the molecule is O=C(O)/C=C/C(=O)N1CCC2(CCC2)C1. The molecule has 1 saturated heterocycles. The summed E-state index contributed by atoms with van der Waals surface area (Å²) < 4.78 is 0. The Balaban J connectivity index is 1.90. The van der Waals surface area contributed by atoms with E-state index in [1.54, 1.807) is 4.90 Å². The average molecular weight is 209 g/mol. The van der Waals surface area contributed by atoms with Gasteiger partial charge >= 0.3 is 5.97 Å². The van der Waals surface area contributed by atoms with E-state index in [1.165, 1.54) is 19.3 Å². The topological polar surface area (TPSA) is 57.6 Å². The molecule has 4 nitrogen and oxygen atoms in total. The van der Waals surface area contributed by atoms with E-state index in [-0.39, 0.29) is 5.91 Å². The lowest BCUT2D eigenvalue weighted by Gasteiger charge is -2.37. The number of hydrogen-bond donors (Lipinski definition) is 1. The molecule has 1 heterocycles. The van der Waals surface area contributed by atoms with E-state index in [0.29, 0.717) is 5.41 Å². The average Bonchev–Trinajstić information content (AvgIpc) is 2.58. The summed E-state index contributed by atoms with van der Waals surface area (Å²) in [4.78, 5) is 23.6. The second-order valence-corrected chi connectivity index (χ2v) is 4.53. The monoisotopic (exact) mass is 209 g/mol. The molecule has 0 aromatic carbocycles. The quantitative estimate of drug-likeness (QED) is 0.691. The molecule has 1 aliphatic heterocycles. The predicted octanol–water partition coefficient (Wildman–Crippen LogP) is 1.03. The number of carbonyl (C=O) groups excluding carboxylic acids is 1. The number of nitrogens with zero attached hydrogens (tertiary/aromatic N) is 1. The minimum atomic E-state index is -1.07. The van der Waals surface area contributed by atoms with Gasteiger partial charge in [0.15, 0.2) is 0 Å². The second-order valence-electron chi connectivity index (χ2n) is 4.53. The van der Waals surface area contributed by atoms with Crippen LogP contribution in [0, 0.1) is 5.41 Å². The Kier molecular flexibility index (Phi) is 2.50. The highest BCUT2D eigenvalue weighted by Gasteiger charge is 2.43. The summed E-state index contributed by atoms with van der Waals surface area (Å²) in [5, 5.41) is 8.41. The molecule has 82 valence electrons. The number of amides is 1. The molecule has 15 heavy (non-hydrogen) atoms. The van der Waals surface area contributed by atoms with Gasteiger partial charge in [-0.15, -0.1) is 0 Å². The third kappa shape index (κ3) is 2.03. The van der Waals surface area contributed by atoms with Gasteiger partial charge in [0.2, 0.25) is 5.91 Å². The van der Waals surface area contributed by atoms with Gasteiger partial charge in [-0.1, -0.05) is 6.42 Å². The lowest BCUT2D eigenvalue weighted by Crippen LogP contribution is -2.35. The van der Waals surface area contributed by atoms with Crippen molar-refractivity contribution in [2.45, 2.75) is 25.7 Å². The van der Waals surface area contributed by atoms with Crippen LogP contribution in [-0.4, -0.2) is 35.0 Å². The van der Waals surface area contributed by atoms with Gasteiger partial charge in [0.25, 0.3) is 0 Å². The fraction of sp³-hybridized carbons (Fsp3) is 0.636. The smallest absolute Gasteiger partial charge is 0.328 e. The second kappa shape index (κ2) is 3.68. The summed E-state index contributed by atoms with van der Waals surface area (Å²) in [5.74, 6) is -1.23. The number of carboxylic acid groups (broad SMARTS) is 1. The summed E-state index contributed by atoms with van der Waals surface area (Å²) >= 11 is 0. The first-order valence-corrected chi connectivity index (χ1v) is 5.31. The molecule has 1 amide bonds. The Morgan fingerprint density at radius 1 is 1.20 bits per heavy atom. The van der Waals surface area contributed by atoms with Crippen molar-refractivity contribution in [1.82, 2.24) is 4.90 Å². The van der Waals surface area contributed by atoms with Crippen LogP contribution in [0.25, 0.3) is 0 Å². The zero-order valence-corrected chi connectivity index (χ0v) is 8.61. The molecule has 1 saturated carbocycles. The van der Waals surface area contributed by atoms with Crippen LogP contribution in [0.15, 0.2) is 12.2 Å². The van der Waals surface area contributed by atoms with E-state index in [0.717, 1.165) is 31.7 Å². The Bertz CT molecular complexity index is 318. The van der Waals surface area contributed by atoms with E-state index >= 15 is 0 Å². The highest BCUT2D eigenvalue weighted by Crippen LogP contribution is 2.47. The van der Waals surface area contributed by atoms with E-state index in [4.69, 9.17) is 5.11 Å². The van der Waals surface area contributed by atoms with Gasteiger partial charge in [0.1, 0.15) is 0 Å². The van der Waals surface area contributed by atoms with E-state index < -0.39 is 5.97 Å². The molecular formula is C11H15NO3. The highest BCUT2D eigenvalue weighted by molar-refractivity contribution is 5.94. The van der Waals surface area contributed by atoms with Gasteiger partial charge in [-0.25, -0.2) is 4.79 Å². The lowest BCUT2D eigenvalue weighted by molar-refractivity contribution is -0.132. The number of carbonyl (C=O) groups is 2. The van der Waals surface area contributed by atoms with E-state index in [9.17, 15) is 9.59 Å². The Morgan fingerprint density at radius 2 is 1.93 bits per heavy atom. The van der Waals surface area contributed by atoms with E-state index in [2.05, 4.69) is 0 Å². The highest BCUT2D eigenvalue weighted by atomic mass is 16.4. The molecule has 2 rings (SSSR count).